The van der Waals surface area contributed by atoms with E-state index in [0.29, 0.717) is 10.8 Å². The number of carbonyl (C=O) groups excluding carboxylic acids is 1. The second kappa shape index (κ2) is 5.17. The monoisotopic (exact) mass is 279 g/mol. The van der Waals surface area contributed by atoms with Crippen LogP contribution in [0, 0.1) is 5.92 Å². The Balaban J connectivity index is 2.01. The lowest BCUT2D eigenvalue weighted by Gasteiger charge is -2.25. The molecule has 2 N–H and O–H groups in total. The number of aliphatic carboxylic acids is 1. The fraction of sp³-hybridized carbons (Fsp3) is 0.429. The van der Waals surface area contributed by atoms with Crippen molar-refractivity contribution in [1.82, 2.24) is 5.32 Å². The smallest absolute Gasteiger partial charge is 0.328 e. The van der Waals surface area contributed by atoms with Gasteiger partial charge in [-0.15, -0.1) is 11.3 Å². The zero-order valence-electron chi connectivity index (χ0n) is 11.0. The summed E-state index contributed by atoms with van der Waals surface area (Å²) in [5.41, 5.74) is -0.169. The second-order valence-electron chi connectivity index (χ2n) is 5.32. The number of amides is 1. The summed E-state index contributed by atoms with van der Waals surface area (Å²) >= 11 is 1.29. The summed E-state index contributed by atoms with van der Waals surface area (Å²) in [6.45, 7) is 4.09. The Morgan fingerprint density at radius 1 is 1.42 bits per heavy atom. The highest BCUT2D eigenvalue weighted by Gasteiger charge is 2.38. The third-order valence-electron chi connectivity index (χ3n) is 3.27. The maximum atomic E-state index is 12.1. The lowest BCUT2D eigenvalue weighted by molar-refractivity contribution is -0.131. The van der Waals surface area contributed by atoms with Crippen LogP contribution in [0.3, 0.4) is 0 Å². The highest BCUT2D eigenvalue weighted by molar-refractivity contribution is 7.14. The molecular weight excluding hydrogens is 262 g/mol. The normalized spacial score (nSPS) is 15.7. The maximum absolute atomic E-state index is 12.1. The van der Waals surface area contributed by atoms with Gasteiger partial charge in [-0.1, -0.05) is 0 Å². The molecular formula is C14H17NO3S. The number of hydrogen-bond acceptors (Lipinski definition) is 3. The molecule has 0 saturated heterocycles. The summed E-state index contributed by atoms with van der Waals surface area (Å²) < 4.78 is 0. The molecule has 0 unspecified atom stereocenters. The third-order valence-corrected chi connectivity index (χ3v) is 4.32. The molecule has 2 rings (SSSR count). The maximum Gasteiger partial charge on any atom is 0.328 e. The SMILES string of the molecule is CC(C)(NC(=O)c1ccc(/C=C/C(=O)O)s1)C1CC1. The fourth-order valence-electron chi connectivity index (χ4n) is 1.98. The average Bonchev–Trinajstić information content (AvgIpc) is 3.06. The molecule has 0 bridgehead atoms. The van der Waals surface area contributed by atoms with Crippen LogP contribution in [0.5, 0.6) is 0 Å². The molecule has 1 aliphatic carbocycles. The molecule has 1 saturated carbocycles. The first-order valence-corrected chi connectivity index (χ1v) is 7.03. The molecule has 1 amide bonds. The lowest BCUT2D eigenvalue weighted by atomic mass is 9.99. The highest BCUT2D eigenvalue weighted by atomic mass is 32.1. The van der Waals surface area contributed by atoms with E-state index in [1.807, 2.05) is 13.8 Å². The van der Waals surface area contributed by atoms with Crippen molar-refractivity contribution in [3.63, 3.8) is 0 Å². The van der Waals surface area contributed by atoms with Gasteiger partial charge in [0, 0.05) is 16.5 Å². The molecule has 4 nitrogen and oxygen atoms in total. The van der Waals surface area contributed by atoms with Crippen molar-refractivity contribution in [3.8, 4) is 0 Å². The number of carboxylic acid groups (broad SMARTS) is 1. The minimum Gasteiger partial charge on any atom is -0.478 e. The van der Waals surface area contributed by atoms with Crippen LogP contribution in [0.15, 0.2) is 18.2 Å². The van der Waals surface area contributed by atoms with Crippen molar-refractivity contribution in [2.75, 3.05) is 0 Å². The van der Waals surface area contributed by atoms with Crippen molar-refractivity contribution in [2.24, 2.45) is 5.92 Å². The molecule has 5 heteroatoms. The molecule has 0 radical (unpaired) electrons. The Hall–Kier alpha value is -1.62. The van der Waals surface area contributed by atoms with Crippen LogP contribution in [0.2, 0.25) is 0 Å². The van der Waals surface area contributed by atoms with Gasteiger partial charge in [-0.25, -0.2) is 4.79 Å². The summed E-state index contributed by atoms with van der Waals surface area (Å²) in [4.78, 5) is 23.9. The zero-order valence-corrected chi connectivity index (χ0v) is 11.8. The van der Waals surface area contributed by atoms with E-state index >= 15 is 0 Å². The lowest BCUT2D eigenvalue weighted by Crippen LogP contribution is -2.44. The van der Waals surface area contributed by atoms with Gasteiger partial charge >= 0.3 is 5.97 Å². The van der Waals surface area contributed by atoms with Gasteiger partial charge < -0.3 is 10.4 Å². The van der Waals surface area contributed by atoms with Gasteiger partial charge in [0.25, 0.3) is 5.91 Å². The van der Waals surface area contributed by atoms with Crippen molar-refractivity contribution in [3.05, 3.63) is 28.0 Å². The van der Waals surface area contributed by atoms with E-state index in [4.69, 9.17) is 5.11 Å². The highest BCUT2D eigenvalue weighted by Crippen LogP contribution is 2.39. The van der Waals surface area contributed by atoms with E-state index in [-0.39, 0.29) is 11.4 Å². The summed E-state index contributed by atoms with van der Waals surface area (Å²) in [5, 5.41) is 11.6. The molecule has 1 aromatic heterocycles. The van der Waals surface area contributed by atoms with Crippen molar-refractivity contribution >= 4 is 29.3 Å². The second-order valence-corrected chi connectivity index (χ2v) is 6.44. The molecule has 102 valence electrons. The zero-order chi connectivity index (χ0) is 14.0. The van der Waals surface area contributed by atoms with Crippen molar-refractivity contribution < 1.29 is 14.7 Å². The van der Waals surface area contributed by atoms with Crippen LogP contribution < -0.4 is 5.32 Å². The third kappa shape index (κ3) is 3.67. The molecule has 1 aromatic rings. The Kier molecular flexibility index (Phi) is 3.75. The predicted molar refractivity (Wildman–Crippen MR) is 75.3 cm³/mol. The van der Waals surface area contributed by atoms with Gasteiger partial charge in [0.15, 0.2) is 0 Å². The first kappa shape index (κ1) is 13.8. The van der Waals surface area contributed by atoms with Gasteiger partial charge in [-0.2, -0.15) is 0 Å². The van der Waals surface area contributed by atoms with Gasteiger partial charge in [-0.3, -0.25) is 4.79 Å². The summed E-state index contributed by atoms with van der Waals surface area (Å²) in [6, 6.07) is 3.48. The minimum absolute atomic E-state index is 0.0862. The molecule has 0 aromatic carbocycles. The standard InChI is InChI=1S/C14H17NO3S/c1-14(2,9-3-4-9)15-13(18)11-7-5-10(19-11)6-8-12(16)17/h5-9H,3-4H2,1-2H3,(H,15,18)(H,16,17)/b8-6+. The number of nitrogens with one attached hydrogen (secondary N) is 1. The van der Waals surface area contributed by atoms with Crippen LogP contribution >= 0.6 is 11.3 Å². The van der Waals surface area contributed by atoms with E-state index in [1.165, 1.54) is 30.3 Å². The quantitative estimate of drug-likeness (QED) is 0.814. The topological polar surface area (TPSA) is 66.4 Å². The van der Waals surface area contributed by atoms with Crippen LogP contribution in [0.4, 0.5) is 0 Å². The minimum atomic E-state index is -0.991. The number of hydrogen-bond donors (Lipinski definition) is 2. The Labute approximate surface area is 116 Å². The van der Waals surface area contributed by atoms with E-state index in [2.05, 4.69) is 5.32 Å². The van der Waals surface area contributed by atoms with Gasteiger partial charge in [0.1, 0.15) is 0 Å². The molecule has 1 heterocycles. The first-order valence-electron chi connectivity index (χ1n) is 6.22. The summed E-state index contributed by atoms with van der Waals surface area (Å²) in [5.74, 6) is -0.506. The van der Waals surface area contributed by atoms with Gasteiger partial charge in [-0.05, 0) is 50.8 Å². The largest absolute Gasteiger partial charge is 0.478 e. The van der Waals surface area contributed by atoms with E-state index in [1.54, 1.807) is 12.1 Å². The molecule has 0 spiro atoms. The number of thiophene rings is 1. The molecule has 19 heavy (non-hydrogen) atoms. The fourth-order valence-corrected chi connectivity index (χ4v) is 2.79. The Morgan fingerprint density at radius 3 is 2.68 bits per heavy atom. The summed E-state index contributed by atoms with van der Waals surface area (Å²) in [6.07, 6.45) is 4.91. The van der Waals surface area contributed by atoms with E-state index in [9.17, 15) is 9.59 Å². The van der Waals surface area contributed by atoms with E-state index < -0.39 is 5.97 Å². The van der Waals surface area contributed by atoms with Gasteiger partial charge in [0.05, 0.1) is 4.88 Å². The Morgan fingerprint density at radius 2 is 2.11 bits per heavy atom. The molecule has 0 atom stereocenters. The van der Waals surface area contributed by atoms with Crippen LogP contribution in [0.25, 0.3) is 6.08 Å². The average molecular weight is 279 g/mol. The molecule has 1 aliphatic rings. The van der Waals surface area contributed by atoms with Crippen LogP contribution in [-0.2, 0) is 4.79 Å². The van der Waals surface area contributed by atoms with Crippen LogP contribution in [-0.4, -0.2) is 22.5 Å². The molecule has 1 fully saturated rings. The number of carbonyl (C=O) groups is 2. The molecule has 0 aliphatic heterocycles. The van der Waals surface area contributed by atoms with Crippen molar-refractivity contribution in [2.45, 2.75) is 32.2 Å². The first-order chi connectivity index (χ1) is 8.88. The van der Waals surface area contributed by atoms with E-state index in [0.717, 1.165) is 11.0 Å². The van der Waals surface area contributed by atoms with Crippen LogP contribution in [0.1, 0.15) is 41.2 Å². The Bertz CT molecular complexity index is 527. The summed E-state index contributed by atoms with van der Waals surface area (Å²) in [7, 11) is 0. The number of rotatable bonds is 5. The number of carboxylic acids is 1. The predicted octanol–water partition coefficient (Wildman–Crippen LogP) is 2.76. The van der Waals surface area contributed by atoms with Gasteiger partial charge in [0.2, 0.25) is 0 Å². The van der Waals surface area contributed by atoms with Crippen molar-refractivity contribution in [1.29, 1.82) is 0 Å².